The Kier molecular flexibility index (Phi) is 3.96. The van der Waals surface area contributed by atoms with Crippen LogP contribution in [-0.2, 0) is 0 Å². The monoisotopic (exact) mass is 253 g/mol. The van der Waals surface area contributed by atoms with E-state index in [1.807, 2.05) is 4.90 Å². The Bertz CT molecular complexity index is 407. The number of hydrogen-bond acceptors (Lipinski definition) is 5. The zero-order chi connectivity index (χ0) is 13.1. The molecule has 0 saturated carbocycles. The quantitative estimate of drug-likeness (QED) is 0.871. The first-order chi connectivity index (χ1) is 8.65. The second kappa shape index (κ2) is 5.48. The van der Waals surface area contributed by atoms with Gasteiger partial charge in [0.15, 0.2) is 11.6 Å². The number of aromatic nitrogens is 2. The van der Waals surface area contributed by atoms with Crippen molar-refractivity contribution in [1.82, 2.24) is 14.9 Å². The molecule has 2 N–H and O–H groups in total. The maximum atomic E-state index is 13.7. The average molecular weight is 253 g/mol. The van der Waals surface area contributed by atoms with Crippen LogP contribution in [0.4, 0.5) is 16.2 Å². The van der Waals surface area contributed by atoms with Crippen molar-refractivity contribution in [2.24, 2.45) is 0 Å². The van der Waals surface area contributed by atoms with Crippen molar-refractivity contribution in [3.05, 3.63) is 12.0 Å². The van der Waals surface area contributed by atoms with Crippen molar-refractivity contribution in [1.29, 1.82) is 0 Å². The fraction of sp³-hybridized carbons (Fsp3) is 0.667. The zero-order valence-electron chi connectivity index (χ0n) is 10.9. The Balaban J connectivity index is 2.10. The Morgan fingerprint density at radius 2 is 2.22 bits per heavy atom. The second-order valence-corrected chi connectivity index (χ2v) is 4.51. The molecule has 0 bridgehead atoms. The third kappa shape index (κ3) is 2.53. The highest BCUT2D eigenvalue weighted by Gasteiger charge is 2.28. The van der Waals surface area contributed by atoms with Crippen LogP contribution in [-0.4, -0.2) is 47.1 Å². The van der Waals surface area contributed by atoms with Crippen molar-refractivity contribution in [3.63, 3.8) is 0 Å². The van der Waals surface area contributed by atoms with Crippen LogP contribution < -0.4 is 10.6 Å². The molecule has 2 rings (SSSR count). The predicted octanol–water partition coefficient (Wildman–Crippen LogP) is 1.12. The van der Waals surface area contributed by atoms with Gasteiger partial charge in [0.2, 0.25) is 5.95 Å². The molecule has 1 saturated heterocycles. The van der Waals surface area contributed by atoms with Crippen molar-refractivity contribution < 1.29 is 4.39 Å². The van der Waals surface area contributed by atoms with Crippen molar-refractivity contribution in [3.8, 4) is 0 Å². The molecule has 18 heavy (non-hydrogen) atoms. The van der Waals surface area contributed by atoms with Gasteiger partial charge in [-0.15, -0.1) is 0 Å². The minimum absolute atomic E-state index is 0.123. The molecular weight excluding hydrogens is 233 g/mol. The lowest BCUT2D eigenvalue weighted by Crippen LogP contribution is -2.37. The van der Waals surface area contributed by atoms with Crippen molar-refractivity contribution in [2.45, 2.75) is 26.3 Å². The standard InChI is InChI=1S/C12H20FN5/c1-3-17(4-2)9-5-6-18(8-9)11-10(13)7-15-12(14)16-11/h7,9H,3-6,8H2,1-2H3,(H2,14,15,16). The van der Waals surface area contributed by atoms with E-state index >= 15 is 0 Å². The summed E-state index contributed by atoms with van der Waals surface area (Å²) in [7, 11) is 0. The van der Waals surface area contributed by atoms with Gasteiger partial charge in [-0.05, 0) is 19.5 Å². The van der Waals surface area contributed by atoms with Crippen molar-refractivity contribution in [2.75, 3.05) is 36.8 Å². The van der Waals surface area contributed by atoms with Crippen LogP contribution in [0.2, 0.25) is 0 Å². The van der Waals surface area contributed by atoms with Gasteiger partial charge in [-0.3, -0.25) is 4.90 Å². The van der Waals surface area contributed by atoms with Crippen LogP contribution >= 0.6 is 0 Å². The molecule has 0 aromatic carbocycles. The molecule has 1 aliphatic heterocycles. The number of nitrogen functional groups attached to an aromatic ring is 1. The Morgan fingerprint density at radius 3 is 2.89 bits per heavy atom. The van der Waals surface area contributed by atoms with E-state index in [9.17, 15) is 4.39 Å². The van der Waals surface area contributed by atoms with E-state index in [4.69, 9.17) is 5.73 Å². The summed E-state index contributed by atoms with van der Waals surface area (Å²) in [4.78, 5) is 12.0. The molecule has 5 nitrogen and oxygen atoms in total. The first-order valence-corrected chi connectivity index (χ1v) is 6.42. The molecular formula is C12H20FN5. The largest absolute Gasteiger partial charge is 0.368 e. The number of nitrogens with zero attached hydrogens (tertiary/aromatic N) is 4. The number of nitrogens with two attached hydrogens (primary N) is 1. The Hall–Kier alpha value is -1.43. The van der Waals surface area contributed by atoms with Crippen LogP contribution in [0.5, 0.6) is 0 Å². The van der Waals surface area contributed by atoms with Gasteiger partial charge in [0.25, 0.3) is 0 Å². The summed E-state index contributed by atoms with van der Waals surface area (Å²) in [6, 6.07) is 0.468. The van der Waals surface area contributed by atoms with Gasteiger partial charge in [-0.1, -0.05) is 13.8 Å². The molecule has 0 aliphatic carbocycles. The van der Waals surface area contributed by atoms with Gasteiger partial charge in [0, 0.05) is 19.1 Å². The lowest BCUT2D eigenvalue weighted by Gasteiger charge is -2.26. The minimum atomic E-state index is -0.399. The third-order valence-corrected chi connectivity index (χ3v) is 3.54. The smallest absolute Gasteiger partial charge is 0.222 e. The normalized spacial score (nSPS) is 19.8. The molecule has 0 radical (unpaired) electrons. The Labute approximate surface area is 107 Å². The maximum Gasteiger partial charge on any atom is 0.222 e. The highest BCUT2D eigenvalue weighted by atomic mass is 19.1. The van der Waals surface area contributed by atoms with Gasteiger partial charge in [0.05, 0.1) is 6.20 Å². The number of halogens is 1. The van der Waals surface area contributed by atoms with Gasteiger partial charge in [0.1, 0.15) is 0 Å². The van der Waals surface area contributed by atoms with Crippen molar-refractivity contribution >= 4 is 11.8 Å². The van der Waals surface area contributed by atoms with Gasteiger partial charge in [-0.2, -0.15) is 4.98 Å². The summed E-state index contributed by atoms with van der Waals surface area (Å²) >= 11 is 0. The van der Waals surface area contributed by atoms with E-state index in [0.717, 1.165) is 38.8 Å². The number of rotatable bonds is 4. The molecule has 1 fully saturated rings. The summed E-state index contributed by atoms with van der Waals surface area (Å²) in [5.41, 5.74) is 5.52. The highest BCUT2D eigenvalue weighted by molar-refractivity contribution is 5.43. The summed E-state index contributed by atoms with van der Waals surface area (Å²) in [6.45, 7) is 7.95. The van der Waals surface area contributed by atoms with E-state index in [0.29, 0.717) is 11.9 Å². The topological polar surface area (TPSA) is 58.3 Å². The summed E-state index contributed by atoms with van der Waals surface area (Å²) in [5, 5.41) is 0. The third-order valence-electron chi connectivity index (χ3n) is 3.54. The van der Waals surface area contributed by atoms with Gasteiger partial charge in [-0.25, -0.2) is 9.37 Å². The molecule has 100 valence electrons. The number of likely N-dealkylation sites (N-methyl/N-ethyl adjacent to an activating group) is 1. The number of hydrogen-bond donors (Lipinski definition) is 1. The first-order valence-electron chi connectivity index (χ1n) is 6.42. The fourth-order valence-corrected chi connectivity index (χ4v) is 2.57. The van der Waals surface area contributed by atoms with Crippen LogP contribution in [0.1, 0.15) is 20.3 Å². The first kappa shape index (κ1) is 13.0. The molecule has 2 heterocycles. The molecule has 1 aliphatic rings. The summed E-state index contributed by atoms with van der Waals surface area (Å²) in [5.74, 6) is 0.0549. The van der Waals surface area contributed by atoms with E-state index in [-0.39, 0.29) is 5.95 Å². The summed E-state index contributed by atoms with van der Waals surface area (Å²) in [6.07, 6.45) is 2.17. The highest BCUT2D eigenvalue weighted by Crippen LogP contribution is 2.23. The molecule has 1 aromatic heterocycles. The maximum absolute atomic E-state index is 13.7. The van der Waals surface area contributed by atoms with E-state index in [2.05, 4.69) is 28.7 Å². The lowest BCUT2D eigenvalue weighted by molar-refractivity contribution is 0.232. The van der Waals surface area contributed by atoms with E-state index < -0.39 is 5.82 Å². The van der Waals surface area contributed by atoms with Gasteiger partial charge >= 0.3 is 0 Å². The molecule has 1 atom stereocenters. The molecule has 6 heteroatoms. The van der Waals surface area contributed by atoms with E-state index in [1.165, 1.54) is 0 Å². The molecule has 0 spiro atoms. The van der Waals surface area contributed by atoms with Crippen LogP contribution in [0.3, 0.4) is 0 Å². The lowest BCUT2D eigenvalue weighted by atomic mass is 10.2. The Morgan fingerprint density at radius 1 is 1.50 bits per heavy atom. The molecule has 1 aromatic rings. The van der Waals surface area contributed by atoms with E-state index in [1.54, 1.807) is 0 Å². The van der Waals surface area contributed by atoms with Crippen LogP contribution in [0.15, 0.2) is 6.20 Å². The molecule has 0 amide bonds. The summed E-state index contributed by atoms with van der Waals surface area (Å²) < 4.78 is 13.7. The SMILES string of the molecule is CCN(CC)C1CCN(c2nc(N)ncc2F)C1. The second-order valence-electron chi connectivity index (χ2n) is 4.51. The van der Waals surface area contributed by atoms with Crippen LogP contribution in [0.25, 0.3) is 0 Å². The average Bonchev–Trinajstić information content (AvgIpc) is 2.83. The molecule has 1 unspecified atom stereocenters. The van der Waals surface area contributed by atoms with Gasteiger partial charge < -0.3 is 10.6 Å². The predicted molar refractivity (Wildman–Crippen MR) is 69.9 cm³/mol. The van der Waals surface area contributed by atoms with Crippen LogP contribution in [0, 0.1) is 5.82 Å². The fourth-order valence-electron chi connectivity index (χ4n) is 2.57. The number of anilines is 2. The minimum Gasteiger partial charge on any atom is -0.368 e. The zero-order valence-corrected chi connectivity index (χ0v) is 10.9.